The predicted molar refractivity (Wildman–Crippen MR) is 89.4 cm³/mol. The normalized spacial score (nSPS) is 12.8. The van der Waals surface area contributed by atoms with Gasteiger partial charge in [0.05, 0.1) is 11.4 Å². The third-order valence-electron chi connectivity index (χ3n) is 3.93. The highest BCUT2D eigenvalue weighted by Crippen LogP contribution is 2.36. The van der Waals surface area contributed by atoms with Crippen LogP contribution < -0.4 is 10.2 Å². The summed E-state index contributed by atoms with van der Waals surface area (Å²) in [6, 6.07) is 11.5. The predicted octanol–water partition coefficient (Wildman–Crippen LogP) is 2.56. The number of anilines is 2. The van der Waals surface area contributed by atoms with Gasteiger partial charge in [0.15, 0.2) is 0 Å². The number of rotatable bonds is 4. The Balaban J connectivity index is 1.76. The van der Waals surface area contributed by atoms with Crippen LogP contribution in [-0.2, 0) is 22.4 Å². The van der Waals surface area contributed by atoms with Crippen LogP contribution >= 0.6 is 0 Å². The molecular weight excluding hydrogens is 290 g/mol. The molecule has 5 nitrogen and oxygen atoms in total. The molecule has 1 aliphatic rings. The van der Waals surface area contributed by atoms with Gasteiger partial charge in [-0.25, -0.2) is 0 Å². The van der Waals surface area contributed by atoms with Gasteiger partial charge in [0.1, 0.15) is 0 Å². The average Bonchev–Trinajstić information content (AvgIpc) is 2.98. The zero-order valence-corrected chi connectivity index (χ0v) is 13.1. The van der Waals surface area contributed by atoms with Crippen LogP contribution in [0.3, 0.4) is 0 Å². The molecule has 3 rings (SSSR count). The van der Waals surface area contributed by atoms with E-state index in [-0.39, 0.29) is 11.8 Å². The Kier molecular flexibility index (Phi) is 4.37. The van der Waals surface area contributed by atoms with Crippen molar-refractivity contribution in [3.8, 4) is 0 Å². The van der Waals surface area contributed by atoms with E-state index in [0.717, 1.165) is 23.4 Å². The molecule has 0 radical (unpaired) electrons. The van der Waals surface area contributed by atoms with Crippen LogP contribution in [-0.4, -0.2) is 23.3 Å². The lowest BCUT2D eigenvalue weighted by molar-refractivity contribution is -0.118. The van der Waals surface area contributed by atoms with Crippen molar-refractivity contribution in [2.45, 2.75) is 26.2 Å². The first kappa shape index (κ1) is 15.2. The number of benzene rings is 1. The van der Waals surface area contributed by atoms with E-state index in [1.165, 1.54) is 6.92 Å². The van der Waals surface area contributed by atoms with E-state index < -0.39 is 0 Å². The number of nitrogens with zero attached hydrogens (tertiary/aromatic N) is 2. The van der Waals surface area contributed by atoms with E-state index in [0.29, 0.717) is 25.1 Å². The van der Waals surface area contributed by atoms with Crippen LogP contribution in [0.25, 0.3) is 0 Å². The van der Waals surface area contributed by atoms with Gasteiger partial charge in [0.25, 0.3) is 0 Å². The fraction of sp³-hybridized carbons (Fsp3) is 0.278. The van der Waals surface area contributed by atoms with E-state index in [9.17, 15) is 9.59 Å². The van der Waals surface area contributed by atoms with Crippen LogP contribution in [0, 0.1) is 0 Å². The van der Waals surface area contributed by atoms with E-state index in [4.69, 9.17) is 0 Å². The third kappa shape index (κ3) is 3.39. The highest BCUT2D eigenvalue weighted by molar-refractivity contribution is 6.02. The summed E-state index contributed by atoms with van der Waals surface area (Å²) in [4.78, 5) is 30.0. The van der Waals surface area contributed by atoms with E-state index in [1.807, 2.05) is 36.4 Å². The monoisotopic (exact) mass is 309 g/mol. The minimum absolute atomic E-state index is 0.0622. The maximum absolute atomic E-state index is 12.6. The van der Waals surface area contributed by atoms with E-state index in [1.54, 1.807) is 11.1 Å². The number of para-hydroxylation sites is 1. The van der Waals surface area contributed by atoms with Crippen molar-refractivity contribution in [2.24, 2.45) is 0 Å². The highest BCUT2D eigenvalue weighted by Gasteiger charge is 2.27. The Morgan fingerprint density at radius 2 is 2.09 bits per heavy atom. The Labute approximate surface area is 135 Å². The number of carbonyl (C=O) groups is 2. The summed E-state index contributed by atoms with van der Waals surface area (Å²) >= 11 is 0. The van der Waals surface area contributed by atoms with Gasteiger partial charge in [-0.3, -0.25) is 14.6 Å². The molecule has 5 heteroatoms. The van der Waals surface area contributed by atoms with Gasteiger partial charge >= 0.3 is 0 Å². The molecule has 2 aromatic rings. The molecule has 2 amide bonds. The minimum atomic E-state index is -0.133. The smallest absolute Gasteiger partial charge is 0.227 e. The Morgan fingerprint density at radius 3 is 2.83 bits per heavy atom. The van der Waals surface area contributed by atoms with Crippen LogP contribution in [0.4, 0.5) is 11.4 Å². The molecule has 0 fully saturated rings. The number of hydrogen-bond acceptors (Lipinski definition) is 3. The lowest BCUT2D eigenvalue weighted by Crippen LogP contribution is -2.30. The van der Waals surface area contributed by atoms with Crippen molar-refractivity contribution >= 4 is 23.2 Å². The number of pyridine rings is 1. The van der Waals surface area contributed by atoms with Gasteiger partial charge in [0.2, 0.25) is 11.8 Å². The van der Waals surface area contributed by atoms with Crippen molar-refractivity contribution in [1.82, 2.24) is 4.98 Å². The Hall–Kier alpha value is -2.69. The van der Waals surface area contributed by atoms with Crippen molar-refractivity contribution in [3.05, 3.63) is 53.9 Å². The lowest BCUT2D eigenvalue weighted by atomic mass is 10.1. The maximum atomic E-state index is 12.6. The molecule has 1 N–H and O–H groups in total. The van der Waals surface area contributed by atoms with Crippen molar-refractivity contribution in [3.63, 3.8) is 0 Å². The molecule has 0 saturated heterocycles. The lowest BCUT2D eigenvalue weighted by Gasteiger charge is -2.20. The summed E-state index contributed by atoms with van der Waals surface area (Å²) < 4.78 is 0. The maximum Gasteiger partial charge on any atom is 0.227 e. The fourth-order valence-electron chi connectivity index (χ4n) is 2.91. The van der Waals surface area contributed by atoms with E-state index >= 15 is 0 Å². The number of hydrogen-bond donors (Lipinski definition) is 1. The molecule has 1 aromatic carbocycles. The van der Waals surface area contributed by atoms with Gasteiger partial charge in [0, 0.05) is 31.8 Å². The van der Waals surface area contributed by atoms with E-state index in [2.05, 4.69) is 10.3 Å². The number of aromatic nitrogens is 1. The summed E-state index contributed by atoms with van der Waals surface area (Å²) in [7, 11) is 0. The quantitative estimate of drug-likeness (QED) is 0.944. The molecule has 0 spiro atoms. The summed E-state index contributed by atoms with van der Waals surface area (Å²) in [5.41, 5.74) is 3.56. The molecule has 0 saturated carbocycles. The zero-order chi connectivity index (χ0) is 16.2. The summed E-state index contributed by atoms with van der Waals surface area (Å²) in [6.07, 6.45) is 3.58. The largest absolute Gasteiger partial charge is 0.325 e. The molecule has 0 atom stereocenters. The molecule has 2 heterocycles. The van der Waals surface area contributed by atoms with Crippen molar-refractivity contribution < 1.29 is 9.59 Å². The topological polar surface area (TPSA) is 62.3 Å². The number of carbonyl (C=O) groups excluding carboxylic acids is 2. The van der Waals surface area contributed by atoms with Gasteiger partial charge in [-0.1, -0.05) is 18.2 Å². The first-order valence-electron chi connectivity index (χ1n) is 7.75. The molecule has 0 bridgehead atoms. The second-order valence-corrected chi connectivity index (χ2v) is 5.61. The SMILES string of the molecule is CC(=O)Nc1cccc2c1N(C(=O)CCc1ccccn1)CC2. The summed E-state index contributed by atoms with van der Waals surface area (Å²) in [5.74, 6) is -0.0709. The summed E-state index contributed by atoms with van der Waals surface area (Å²) in [5, 5.41) is 2.82. The first-order chi connectivity index (χ1) is 11.1. The number of nitrogens with one attached hydrogen (secondary N) is 1. The standard InChI is InChI=1S/C18H19N3O2/c1-13(22)20-16-7-4-5-14-10-12-21(18(14)16)17(23)9-8-15-6-2-3-11-19-15/h2-7,11H,8-10,12H2,1H3,(H,20,22). The van der Waals surface area contributed by atoms with Gasteiger partial charge in [-0.05, 0) is 36.6 Å². The molecular formula is C18H19N3O2. The molecule has 1 aliphatic heterocycles. The highest BCUT2D eigenvalue weighted by atomic mass is 16.2. The summed E-state index contributed by atoms with van der Waals surface area (Å²) in [6.45, 7) is 2.13. The van der Waals surface area contributed by atoms with Crippen molar-refractivity contribution in [1.29, 1.82) is 0 Å². The fourth-order valence-corrected chi connectivity index (χ4v) is 2.91. The van der Waals surface area contributed by atoms with Gasteiger partial charge in [-0.15, -0.1) is 0 Å². The minimum Gasteiger partial charge on any atom is -0.325 e. The molecule has 118 valence electrons. The number of amides is 2. The number of fused-ring (bicyclic) bond motifs is 1. The molecule has 23 heavy (non-hydrogen) atoms. The van der Waals surface area contributed by atoms with Crippen LogP contribution in [0.1, 0.15) is 24.6 Å². The second-order valence-electron chi connectivity index (χ2n) is 5.61. The van der Waals surface area contributed by atoms with Gasteiger partial charge < -0.3 is 10.2 Å². The molecule has 0 aliphatic carbocycles. The second kappa shape index (κ2) is 6.60. The van der Waals surface area contributed by atoms with Crippen LogP contribution in [0.5, 0.6) is 0 Å². The van der Waals surface area contributed by atoms with Gasteiger partial charge in [-0.2, -0.15) is 0 Å². The molecule has 0 unspecified atom stereocenters. The Morgan fingerprint density at radius 1 is 1.22 bits per heavy atom. The van der Waals surface area contributed by atoms with Crippen molar-refractivity contribution in [2.75, 3.05) is 16.8 Å². The Bertz CT molecular complexity index is 728. The first-order valence-corrected chi connectivity index (χ1v) is 7.75. The van der Waals surface area contributed by atoms with Crippen LogP contribution in [0.2, 0.25) is 0 Å². The third-order valence-corrected chi connectivity index (χ3v) is 3.93. The molecule has 1 aromatic heterocycles. The zero-order valence-electron chi connectivity index (χ0n) is 13.1. The average molecular weight is 309 g/mol. The van der Waals surface area contributed by atoms with Crippen LogP contribution in [0.15, 0.2) is 42.6 Å². The number of aryl methyl sites for hydroxylation is 1.